The highest BCUT2D eigenvalue weighted by atomic mass is 19.1. The first kappa shape index (κ1) is 12.3. The molecular weight excluding hydrogens is 219 g/mol. The van der Waals surface area contributed by atoms with E-state index >= 15 is 0 Å². The number of benzene rings is 1. The van der Waals surface area contributed by atoms with E-state index in [1.165, 1.54) is 20.3 Å². The maximum atomic E-state index is 13.4. The molecule has 0 saturated heterocycles. The molecule has 0 aliphatic carbocycles. The highest BCUT2D eigenvalue weighted by Crippen LogP contribution is 2.27. The van der Waals surface area contributed by atoms with E-state index in [2.05, 4.69) is 10.3 Å². The Kier molecular flexibility index (Phi) is 4.15. The Morgan fingerprint density at radius 3 is 2.69 bits per heavy atom. The van der Waals surface area contributed by atoms with Crippen molar-refractivity contribution in [3.05, 3.63) is 33.6 Å². The zero-order chi connectivity index (χ0) is 12.1. The molecule has 0 aromatic heterocycles. The largest absolute Gasteiger partial charge is 0.493 e. The molecule has 0 unspecified atom stereocenters. The number of nitrogens with one attached hydrogen (secondary N) is 1. The zero-order valence-electron chi connectivity index (χ0n) is 8.82. The van der Waals surface area contributed by atoms with Gasteiger partial charge < -0.3 is 9.57 Å². The van der Waals surface area contributed by atoms with Gasteiger partial charge in [-0.25, -0.2) is 4.39 Å². The van der Waals surface area contributed by atoms with E-state index in [0.717, 1.165) is 6.07 Å². The monoisotopic (exact) mass is 230 g/mol. The molecule has 0 aliphatic heterocycles. The number of nitro benzene ring substituents is 1. The van der Waals surface area contributed by atoms with Gasteiger partial charge >= 0.3 is 0 Å². The van der Waals surface area contributed by atoms with Crippen LogP contribution in [0.5, 0.6) is 5.75 Å². The SMILES string of the molecule is CONCc1cc([N+](=O)[O-])cc(F)c1OC. The molecule has 0 bridgehead atoms. The van der Waals surface area contributed by atoms with Gasteiger partial charge in [-0.15, -0.1) is 0 Å². The topological polar surface area (TPSA) is 73.6 Å². The Hall–Kier alpha value is -1.73. The van der Waals surface area contributed by atoms with E-state index in [9.17, 15) is 14.5 Å². The van der Waals surface area contributed by atoms with E-state index < -0.39 is 10.7 Å². The Morgan fingerprint density at radius 2 is 2.19 bits per heavy atom. The van der Waals surface area contributed by atoms with Crippen LogP contribution in [-0.4, -0.2) is 19.1 Å². The number of hydroxylamine groups is 1. The van der Waals surface area contributed by atoms with Crippen LogP contribution >= 0.6 is 0 Å². The van der Waals surface area contributed by atoms with Crippen molar-refractivity contribution >= 4 is 5.69 Å². The van der Waals surface area contributed by atoms with Gasteiger partial charge in [-0.05, 0) is 0 Å². The Balaban J connectivity index is 3.14. The molecule has 16 heavy (non-hydrogen) atoms. The van der Waals surface area contributed by atoms with Gasteiger partial charge in [0.15, 0.2) is 11.6 Å². The summed E-state index contributed by atoms with van der Waals surface area (Å²) in [4.78, 5) is 14.4. The van der Waals surface area contributed by atoms with Gasteiger partial charge in [0.25, 0.3) is 5.69 Å². The van der Waals surface area contributed by atoms with Crippen LogP contribution in [0.3, 0.4) is 0 Å². The fourth-order valence-electron chi connectivity index (χ4n) is 1.25. The summed E-state index contributed by atoms with van der Waals surface area (Å²) in [5.41, 5.74) is 2.45. The van der Waals surface area contributed by atoms with Gasteiger partial charge in [-0.3, -0.25) is 10.1 Å². The van der Waals surface area contributed by atoms with Crippen molar-refractivity contribution in [2.75, 3.05) is 14.2 Å². The predicted octanol–water partition coefficient (Wildman–Crippen LogP) is 1.39. The molecule has 6 nitrogen and oxygen atoms in total. The summed E-state index contributed by atoms with van der Waals surface area (Å²) in [7, 11) is 2.68. The van der Waals surface area contributed by atoms with Crippen LogP contribution in [0.4, 0.5) is 10.1 Å². The van der Waals surface area contributed by atoms with Crippen molar-refractivity contribution < 1.29 is 18.9 Å². The minimum absolute atomic E-state index is 0.0323. The van der Waals surface area contributed by atoms with Gasteiger partial charge in [0, 0.05) is 11.6 Å². The lowest BCUT2D eigenvalue weighted by Gasteiger charge is -2.09. The average molecular weight is 230 g/mol. The second kappa shape index (κ2) is 5.38. The van der Waals surface area contributed by atoms with Crippen LogP contribution in [0.1, 0.15) is 5.56 Å². The number of nitro groups is 1. The van der Waals surface area contributed by atoms with Gasteiger partial charge in [0.1, 0.15) is 0 Å². The van der Waals surface area contributed by atoms with Crippen LogP contribution < -0.4 is 10.2 Å². The normalized spacial score (nSPS) is 10.2. The van der Waals surface area contributed by atoms with Gasteiger partial charge in [0.2, 0.25) is 0 Å². The van der Waals surface area contributed by atoms with E-state index in [-0.39, 0.29) is 18.0 Å². The van der Waals surface area contributed by atoms with Crippen LogP contribution in [0.2, 0.25) is 0 Å². The molecular formula is C9H11FN2O4. The lowest BCUT2D eigenvalue weighted by molar-refractivity contribution is -0.385. The molecule has 1 rings (SSSR count). The maximum Gasteiger partial charge on any atom is 0.272 e. The number of hydrogen-bond acceptors (Lipinski definition) is 5. The number of methoxy groups -OCH3 is 1. The average Bonchev–Trinajstić information content (AvgIpc) is 2.25. The molecule has 1 aromatic carbocycles. The van der Waals surface area contributed by atoms with E-state index in [0.29, 0.717) is 5.56 Å². The van der Waals surface area contributed by atoms with Gasteiger partial charge in [0.05, 0.1) is 31.8 Å². The first-order valence-corrected chi connectivity index (χ1v) is 4.36. The second-order valence-electron chi connectivity index (χ2n) is 2.90. The Morgan fingerprint density at radius 1 is 1.50 bits per heavy atom. The van der Waals surface area contributed by atoms with Crippen molar-refractivity contribution in [3.63, 3.8) is 0 Å². The molecule has 0 heterocycles. The van der Waals surface area contributed by atoms with Gasteiger partial charge in [-0.1, -0.05) is 0 Å². The fraction of sp³-hybridized carbons (Fsp3) is 0.333. The lowest BCUT2D eigenvalue weighted by atomic mass is 10.1. The predicted molar refractivity (Wildman–Crippen MR) is 53.5 cm³/mol. The number of ether oxygens (including phenoxy) is 1. The highest BCUT2D eigenvalue weighted by Gasteiger charge is 2.17. The summed E-state index contributed by atoms with van der Waals surface area (Å²) in [6.45, 7) is 0.109. The third-order valence-electron chi connectivity index (χ3n) is 1.93. The number of hydrogen-bond donors (Lipinski definition) is 1. The minimum atomic E-state index is -0.774. The molecule has 0 amide bonds. The van der Waals surface area contributed by atoms with Gasteiger partial charge in [-0.2, -0.15) is 5.48 Å². The number of nitrogens with zero attached hydrogens (tertiary/aromatic N) is 1. The van der Waals surface area contributed by atoms with E-state index in [1.807, 2.05) is 0 Å². The molecule has 1 N–H and O–H groups in total. The maximum absolute atomic E-state index is 13.4. The molecule has 7 heteroatoms. The first-order valence-electron chi connectivity index (χ1n) is 4.36. The van der Waals surface area contributed by atoms with Crippen LogP contribution in [0, 0.1) is 15.9 Å². The molecule has 88 valence electrons. The summed E-state index contributed by atoms with van der Waals surface area (Å²) < 4.78 is 18.2. The summed E-state index contributed by atoms with van der Waals surface area (Å²) in [5, 5.41) is 10.5. The summed E-state index contributed by atoms with van der Waals surface area (Å²) in [5.74, 6) is -0.806. The molecule has 0 fully saturated rings. The molecule has 0 saturated carbocycles. The fourth-order valence-corrected chi connectivity index (χ4v) is 1.25. The molecule has 0 aliphatic rings. The smallest absolute Gasteiger partial charge is 0.272 e. The first-order chi connectivity index (χ1) is 7.60. The molecule has 0 atom stereocenters. The summed E-state index contributed by atoms with van der Waals surface area (Å²) in [6.07, 6.45) is 0. The Labute approximate surface area is 91.1 Å². The van der Waals surface area contributed by atoms with Crippen molar-refractivity contribution in [3.8, 4) is 5.75 Å². The van der Waals surface area contributed by atoms with Crippen molar-refractivity contribution in [2.24, 2.45) is 0 Å². The van der Waals surface area contributed by atoms with Crippen molar-refractivity contribution in [2.45, 2.75) is 6.54 Å². The third-order valence-corrected chi connectivity index (χ3v) is 1.93. The van der Waals surface area contributed by atoms with Crippen LogP contribution in [-0.2, 0) is 11.4 Å². The van der Waals surface area contributed by atoms with Crippen molar-refractivity contribution in [1.82, 2.24) is 5.48 Å². The second-order valence-corrected chi connectivity index (χ2v) is 2.90. The zero-order valence-corrected chi connectivity index (χ0v) is 8.82. The summed E-state index contributed by atoms with van der Waals surface area (Å²) in [6, 6.07) is 2.04. The third kappa shape index (κ3) is 2.65. The standard InChI is InChI=1S/C9H11FN2O4/c1-15-9-6(5-11-16-2)3-7(12(13)14)4-8(9)10/h3-4,11H,5H2,1-2H3. The van der Waals surface area contributed by atoms with Crippen LogP contribution in [0.15, 0.2) is 12.1 Å². The van der Waals surface area contributed by atoms with E-state index in [4.69, 9.17) is 4.74 Å². The van der Waals surface area contributed by atoms with Crippen molar-refractivity contribution in [1.29, 1.82) is 0 Å². The van der Waals surface area contributed by atoms with E-state index in [1.54, 1.807) is 0 Å². The van der Waals surface area contributed by atoms with Crippen LogP contribution in [0.25, 0.3) is 0 Å². The lowest BCUT2D eigenvalue weighted by Crippen LogP contribution is -2.12. The molecule has 0 spiro atoms. The summed E-state index contributed by atoms with van der Waals surface area (Å²) >= 11 is 0. The number of halogens is 1. The quantitative estimate of drug-likeness (QED) is 0.611. The molecule has 0 radical (unpaired) electrons. The number of rotatable bonds is 5. The minimum Gasteiger partial charge on any atom is -0.493 e. The molecule has 1 aromatic rings. The Bertz CT molecular complexity index is 397. The highest BCUT2D eigenvalue weighted by molar-refractivity contribution is 5.45. The number of non-ortho nitro benzene ring substituents is 1.